The van der Waals surface area contributed by atoms with Crippen LogP contribution in [0.2, 0.25) is 0 Å². The highest BCUT2D eigenvalue weighted by Crippen LogP contribution is 2.66. The van der Waals surface area contributed by atoms with E-state index in [1.54, 1.807) is 0 Å². The summed E-state index contributed by atoms with van der Waals surface area (Å²) in [6.07, 6.45) is 0. The minimum atomic E-state index is -0.376. The van der Waals surface area contributed by atoms with Gasteiger partial charge in [-0.05, 0) is 68.6 Å². The van der Waals surface area contributed by atoms with Crippen molar-refractivity contribution in [2.75, 3.05) is 0 Å². The number of aromatic nitrogens is 1. The molecular weight excluding hydrogens is 470 g/mol. The van der Waals surface area contributed by atoms with Gasteiger partial charge in [0.1, 0.15) is 5.52 Å². The topological polar surface area (TPSA) is 26.0 Å². The van der Waals surface area contributed by atoms with Crippen molar-refractivity contribution in [3.05, 3.63) is 138 Å². The van der Waals surface area contributed by atoms with Gasteiger partial charge in [0.15, 0.2) is 5.58 Å². The van der Waals surface area contributed by atoms with Crippen LogP contribution < -0.4 is 0 Å². The lowest BCUT2D eigenvalue weighted by Crippen LogP contribution is -2.25. The van der Waals surface area contributed by atoms with Crippen LogP contribution in [-0.4, -0.2) is 4.98 Å². The maximum Gasteiger partial charge on any atom is 0.227 e. The second-order valence-electron chi connectivity index (χ2n) is 9.86. The molecule has 9 rings (SSSR count). The first kappa shape index (κ1) is 19.7. The molecule has 2 aliphatic carbocycles. The van der Waals surface area contributed by atoms with Gasteiger partial charge in [0.25, 0.3) is 0 Å². The van der Waals surface area contributed by atoms with Gasteiger partial charge < -0.3 is 4.42 Å². The molecular formula is C34H19NOS. The molecule has 0 amide bonds. The maximum atomic E-state index is 6.33. The first-order valence-corrected chi connectivity index (χ1v) is 13.4. The molecule has 0 radical (unpaired) electrons. The normalized spacial score (nSPS) is 16.8. The standard InChI is InChI=1S/C34H19NOS/c1-4-14-24-20(10-1)30-23(33-35-27-17-6-7-18-28(27)36-33)13-9-16-26(30)34(24)25-15-5-2-11-21(25)32-31(34)22-12-3-8-19-29(22)37-32/h1-19H. The number of thiophene rings is 1. The zero-order chi connectivity index (χ0) is 24.1. The number of hydrogen-bond acceptors (Lipinski definition) is 3. The fourth-order valence-electron chi connectivity index (χ4n) is 6.80. The van der Waals surface area contributed by atoms with Crippen molar-refractivity contribution in [1.82, 2.24) is 4.98 Å². The Morgan fingerprint density at radius 1 is 0.595 bits per heavy atom. The molecule has 1 unspecified atom stereocenters. The zero-order valence-corrected chi connectivity index (χ0v) is 20.5. The molecule has 0 saturated carbocycles. The Kier molecular flexibility index (Phi) is 3.64. The van der Waals surface area contributed by atoms with Gasteiger partial charge in [-0.15, -0.1) is 11.3 Å². The van der Waals surface area contributed by atoms with Gasteiger partial charge >= 0.3 is 0 Å². The smallest absolute Gasteiger partial charge is 0.227 e. The Bertz CT molecular complexity index is 2030. The van der Waals surface area contributed by atoms with Crippen LogP contribution in [-0.2, 0) is 5.41 Å². The van der Waals surface area contributed by atoms with Gasteiger partial charge in [-0.2, -0.15) is 0 Å². The highest BCUT2D eigenvalue weighted by Gasteiger charge is 2.53. The van der Waals surface area contributed by atoms with Gasteiger partial charge in [-0.3, -0.25) is 0 Å². The summed E-state index contributed by atoms with van der Waals surface area (Å²) in [6.45, 7) is 0. The molecule has 0 bridgehead atoms. The number of nitrogens with zero attached hydrogens (tertiary/aromatic N) is 1. The third kappa shape index (κ3) is 2.29. The minimum Gasteiger partial charge on any atom is -0.436 e. The number of benzene rings is 5. The van der Waals surface area contributed by atoms with Gasteiger partial charge in [0.05, 0.1) is 5.41 Å². The second-order valence-corrected chi connectivity index (χ2v) is 10.9. The number of hydrogen-bond donors (Lipinski definition) is 0. The molecule has 172 valence electrons. The number of rotatable bonds is 1. The van der Waals surface area contributed by atoms with Crippen LogP contribution in [0, 0.1) is 0 Å². The lowest BCUT2D eigenvalue weighted by molar-refractivity contribution is 0.620. The number of para-hydroxylation sites is 2. The molecule has 7 aromatic rings. The average Bonchev–Trinajstić information content (AvgIpc) is 3.69. The van der Waals surface area contributed by atoms with Crippen LogP contribution >= 0.6 is 11.3 Å². The predicted molar refractivity (Wildman–Crippen MR) is 151 cm³/mol. The van der Waals surface area contributed by atoms with E-state index in [-0.39, 0.29) is 5.41 Å². The molecule has 0 N–H and O–H groups in total. The largest absolute Gasteiger partial charge is 0.436 e. The number of oxazole rings is 1. The fraction of sp³-hybridized carbons (Fsp3) is 0.0294. The summed E-state index contributed by atoms with van der Waals surface area (Å²) in [5, 5.41) is 1.34. The Morgan fingerprint density at radius 2 is 1.27 bits per heavy atom. The van der Waals surface area contributed by atoms with Crippen LogP contribution in [0.1, 0.15) is 22.3 Å². The molecule has 5 aromatic carbocycles. The van der Waals surface area contributed by atoms with Crippen molar-refractivity contribution in [2.45, 2.75) is 5.41 Å². The summed E-state index contributed by atoms with van der Waals surface area (Å²) >= 11 is 1.91. The molecule has 3 heteroatoms. The molecule has 0 fully saturated rings. The molecule has 2 nitrogen and oxygen atoms in total. The van der Waals surface area contributed by atoms with E-state index in [2.05, 4.69) is 91.0 Å². The highest BCUT2D eigenvalue weighted by atomic mass is 32.1. The van der Waals surface area contributed by atoms with Crippen LogP contribution in [0.3, 0.4) is 0 Å². The van der Waals surface area contributed by atoms with E-state index >= 15 is 0 Å². The summed E-state index contributed by atoms with van der Waals surface area (Å²) in [5.74, 6) is 0.673. The van der Waals surface area contributed by atoms with Gasteiger partial charge in [-0.1, -0.05) is 91.0 Å². The molecule has 1 spiro atoms. The first-order valence-electron chi connectivity index (χ1n) is 12.6. The molecule has 2 aliphatic rings. The fourth-order valence-corrected chi connectivity index (χ4v) is 8.10. The van der Waals surface area contributed by atoms with E-state index < -0.39 is 0 Å². The average molecular weight is 490 g/mol. The Labute approximate surface area is 217 Å². The molecule has 0 aliphatic heterocycles. The van der Waals surface area contributed by atoms with Gasteiger partial charge in [0.2, 0.25) is 5.89 Å². The lowest BCUT2D eigenvalue weighted by atomic mass is 9.70. The van der Waals surface area contributed by atoms with E-state index in [1.165, 1.54) is 53.9 Å². The maximum absolute atomic E-state index is 6.33. The first-order chi connectivity index (χ1) is 18.4. The van der Waals surface area contributed by atoms with Crippen molar-refractivity contribution < 1.29 is 4.42 Å². The van der Waals surface area contributed by atoms with Crippen molar-refractivity contribution in [3.8, 4) is 33.0 Å². The monoisotopic (exact) mass is 489 g/mol. The molecule has 1 atom stereocenters. The summed E-state index contributed by atoms with van der Waals surface area (Å²) in [5.41, 5.74) is 11.6. The van der Waals surface area contributed by atoms with Crippen LogP contribution in [0.25, 0.3) is 54.2 Å². The van der Waals surface area contributed by atoms with Crippen molar-refractivity contribution in [1.29, 1.82) is 0 Å². The SMILES string of the molecule is c1ccc2c(c1)-c1sc3ccccc3c1C21c2ccccc2-c2c(-c3nc4ccccc4o3)cccc21. The van der Waals surface area contributed by atoms with Crippen molar-refractivity contribution in [2.24, 2.45) is 0 Å². The van der Waals surface area contributed by atoms with E-state index in [9.17, 15) is 0 Å². The third-order valence-corrected chi connectivity index (χ3v) is 9.34. The summed E-state index contributed by atoms with van der Waals surface area (Å²) < 4.78 is 7.67. The summed E-state index contributed by atoms with van der Waals surface area (Å²) in [6, 6.07) is 41.4. The third-order valence-electron chi connectivity index (χ3n) is 8.14. The highest BCUT2D eigenvalue weighted by molar-refractivity contribution is 7.22. The van der Waals surface area contributed by atoms with E-state index in [0.29, 0.717) is 5.89 Å². The second kappa shape index (κ2) is 6.84. The Balaban J connectivity index is 1.47. The van der Waals surface area contributed by atoms with E-state index in [0.717, 1.165) is 16.7 Å². The number of fused-ring (bicyclic) bond motifs is 13. The molecule has 2 heterocycles. The van der Waals surface area contributed by atoms with Crippen molar-refractivity contribution >= 4 is 32.5 Å². The quantitative estimate of drug-likeness (QED) is 0.230. The molecule has 2 aromatic heterocycles. The summed E-state index contributed by atoms with van der Waals surface area (Å²) in [4.78, 5) is 6.29. The van der Waals surface area contributed by atoms with Gasteiger partial charge in [0, 0.05) is 15.1 Å². The lowest BCUT2D eigenvalue weighted by Gasteiger charge is -2.30. The van der Waals surface area contributed by atoms with E-state index in [1.807, 2.05) is 35.6 Å². The van der Waals surface area contributed by atoms with Crippen LogP contribution in [0.5, 0.6) is 0 Å². The Hall–Kier alpha value is -4.47. The zero-order valence-electron chi connectivity index (χ0n) is 19.7. The Morgan fingerprint density at radius 3 is 2.16 bits per heavy atom. The van der Waals surface area contributed by atoms with Crippen LogP contribution in [0.15, 0.2) is 120 Å². The molecule has 0 saturated heterocycles. The van der Waals surface area contributed by atoms with Crippen molar-refractivity contribution in [3.63, 3.8) is 0 Å². The van der Waals surface area contributed by atoms with Crippen LogP contribution in [0.4, 0.5) is 0 Å². The predicted octanol–water partition coefficient (Wildman–Crippen LogP) is 9.05. The molecule has 37 heavy (non-hydrogen) atoms. The summed E-state index contributed by atoms with van der Waals surface area (Å²) in [7, 11) is 0. The van der Waals surface area contributed by atoms with Gasteiger partial charge in [-0.25, -0.2) is 4.98 Å². The minimum absolute atomic E-state index is 0.376. The van der Waals surface area contributed by atoms with E-state index in [4.69, 9.17) is 9.40 Å².